The van der Waals surface area contributed by atoms with Gasteiger partial charge in [0.05, 0.1) is 17.7 Å². The van der Waals surface area contributed by atoms with Crippen molar-refractivity contribution in [1.82, 2.24) is 9.80 Å². The van der Waals surface area contributed by atoms with Crippen LogP contribution in [-0.2, 0) is 11.3 Å². The van der Waals surface area contributed by atoms with Crippen LogP contribution in [0.5, 0.6) is 0 Å². The van der Waals surface area contributed by atoms with Crippen LogP contribution in [-0.4, -0.2) is 34.6 Å². The molecule has 1 aromatic rings. The molecule has 0 spiro atoms. The zero-order chi connectivity index (χ0) is 13.1. The van der Waals surface area contributed by atoms with Gasteiger partial charge in [-0.1, -0.05) is 30.3 Å². The zero-order valence-electron chi connectivity index (χ0n) is 9.54. The van der Waals surface area contributed by atoms with Gasteiger partial charge in [0.25, 0.3) is 5.91 Å². The van der Waals surface area contributed by atoms with E-state index in [9.17, 15) is 9.59 Å². The molecule has 5 nitrogen and oxygen atoms in total. The molecule has 1 aliphatic rings. The first kappa shape index (κ1) is 12.9. The van der Waals surface area contributed by atoms with Gasteiger partial charge in [0, 0.05) is 7.05 Å². The van der Waals surface area contributed by atoms with Crippen LogP contribution in [0.3, 0.4) is 0 Å². The van der Waals surface area contributed by atoms with Gasteiger partial charge in [0.2, 0.25) is 5.84 Å². The molecule has 2 rings (SSSR count). The maximum Gasteiger partial charge on any atom is 0.332 e. The van der Waals surface area contributed by atoms with E-state index >= 15 is 0 Å². The van der Waals surface area contributed by atoms with Gasteiger partial charge in [-0.25, -0.2) is 4.79 Å². The summed E-state index contributed by atoms with van der Waals surface area (Å²) in [5.74, 6) is -0.379. The lowest BCUT2D eigenvalue weighted by atomic mass is 10.2. The van der Waals surface area contributed by atoms with Crippen molar-refractivity contribution in [2.45, 2.75) is 6.54 Å². The highest BCUT2D eigenvalue weighted by molar-refractivity contribution is 8.20. The van der Waals surface area contributed by atoms with Gasteiger partial charge >= 0.3 is 6.03 Å². The maximum atomic E-state index is 11.9. The standard InChI is InChI=1S/C11H10ClN3O2S/c1-14-10(16)9(13-18-12)15(11(14)17)7-8-5-3-2-4-6-8/h2-6H,7H2,1H3. The molecule has 94 valence electrons. The molecular weight excluding hydrogens is 274 g/mol. The SMILES string of the molecule is CN1C(=O)C(=NSCl)N(Cc2ccccc2)C1=O. The lowest BCUT2D eigenvalue weighted by Gasteiger charge is -2.14. The highest BCUT2D eigenvalue weighted by Gasteiger charge is 2.40. The minimum Gasteiger partial charge on any atom is -0.268 e. The van der Waals surface area contributed by atoms with Gasteiger partial charge in [-0.2, -0.15) is 4.40 Å². The van der Waals surface area contributed by atoms with Crippen LogP contribution in [0.15, 0.2) is 34.7 Å². The number of halogens is 1. The Kier molecular flexibility index (Phi) is 3.88. The second-order valence-corrected chi connectivity index (χ2v) is 4.44. The Morgan fingerprint density at radius 3 is 2.56 bits per heavy atom. The molecule has 1 heterocycles. The summed E-state index contributed by atoms with van der Waals surface area (Å²) in [7, 11) is 6.85. The van der Waals surface area contributed by atoms with E-state index in [4.69, 9.17) is 10.7 Å². The maximum absolute atomic E-state index is 11.9. The second kappa shape index (κ2) is 5.41. The van der Waals surface area contributed by atoms with Gasteiger partial charge < -0.3 is 0 Å². The van der Waals surface area contributed by atoms with Gasteiger partial charge in [-0.3, -0.25) is 14.6 Å². The number of carbonyl (C=O) groups is 2. The van der Waals surface area contributed by atoms with Crippen molar-refractivity contribution in [2.75, 3.05) is 7.05 Å². The predicted octanol–water partition coefficient (Wildman–Crippen LogP) is 2.28. The molecule has 1 aromatic carbocycles. The summed E-state index contributed by atoms with van der Waals surface area (Å²) in [5.41, 5.74) is 0.918. The van der Waals surface area contributed by atoms with E-state index in [-0.39, 0.29) is 5.84 Å². The fraction of sp³-hybridized carbons (Fsp3) is 0.182. The molecule has 0 saturated carbocycles. The Bertz CT molecular complexity index is 506. The number of urea groups is 1. The van der Waals surface area contributed by atoms with Crippen LogP contribution >= 0.6 is 21.8 Å². The molecule has 1 saturated heterocycles. The zero-order valence-corrected chi connectivity index (χ0v) is 11.1. The summed E-state index contributed by atoms with van der Waals surface area (Å²) >= 11 is 0.640. The first-order valence-electron chi connectivity index (χ1n) is 5.14. The highest BCUT2D eigenvalue weighted by atomic mass is 35.7. The number of likely N-dealkylation sites (N-methyl/N-ethyl adjacent to an activating group) is 1. The summed E-state index contributed by atoms with van der Waals surface area (Å²) in [6.07, 6.45) is 0. The van der Waals surface area contributed by atoms with E-state index in [0.717, 1.165) is 10.5 Å². The quantitative estimate of drug-likeness (QED) is 0.632. The molecule has 18 heavy (non-hydrogen) atoms. The molecule has 0 unspecified atom stereocenters. The average Bonchev–Trinajstić information content (AvgIpc) is 2.58. The van der Waals surface area contributed by atoms with E-state index in [1.54, 1.807) is 0 Å². The molecule has 7 heteroatoms. The molecule has 3 amide bonds. The summed E-state index contributed by atoms with van der Waals surface area (Å²) < 4.78 is 3.80. The van der Waals surface area contributed by atoms with Crippen molar-refractivity contribution < 1.29 is 9.59 Å². The topological polar surface area (TPSA) is 53.0 Å². The third kappa shape index (κ3) is 2.34. The first-order valence-corrected chi connectivity index (χ1v) is 6.74. The summed E-state index contributed by atoms with van der Waals surface area (Å²) in [6.45, 7) is 0.298. The predicted molar refractivity (Wildman–Crippen MR) is 71.0 cm³/mol. The molecule has 0 aromatic heterocycles. The van der Waals surface area contributed by atoms with Gasteiger partial charge in [0.15, 0.2) is 0 Å². The van der Waals surface area contributed by atoms with E-state index in [1.807, 2.05) is 30.3 Å². The Morgan fingerprint density at radius 1 is 1.28 bits per heavy atom. The van der Waals surface area contributed by atoms with Crippen LogP contribution in [0.25, 0.3) is 0 Å². The van der Waals surface area contributed by atoms with E-state index in [1.165, 1.54) is 11.9 Å². The van der Waals surface area contributed by atoms with Crippen LogP contribution in [0.4, 0.5) is 4.79 Å². The third-order valence-corrected chi connectivity index (χ3v) is 3.02. The lowest BCUT2D eigenvalue weighted by Crippen LogP contribution is -2.31. The normalized spacial score (nSPS) is 18.0. The second-order valence-electron chi connectivity index (χ2n) is 3.70. The Hall–Kier alpha value is -1.53. The smallest absolute Gasteiger partial charge is 0.268 e. The number of amidine groups is 1. The van der Waals surface area contributed by atoms with Gasteiger partial charge in [-0.05, 0) is 16.2 Å². The monoisotopic (exact) mass is 283 g/mol. The average molecular weight is 284 g/mol. The number of imide groups is 1. The number of hydrogen-bond acceptors (Lipinski definition) is 4. The summed E-state index contributed by atoms with van der Waals surface area (Å²) in [6, 6.07) is 8.98. The number of hydrogen-bond donors (Lipinski definition) is 0. The van der Waals surface area contributed by atoms with E-state index < -0.39 is 11.9 Å². The van der Waals surface area contributed by atoms with Crippen molar-refractivity contribution in [3.63, 3.8) is 0 Å². The number of amides is 3. The van der Waals surface area contributed by atoms with Crippen LogP contribution in [0, 0.1) is 0 Å². The molecule has 0 atom stereocenters. The Balaban J connectivity index is 2.27. The first-order chi connectivity index (χ1) is 8.65. The van der Waals surface area contributed by atoms with Crippen LogP contribution in [0.2, 0.25) is 0 Å². The molecule has 0 N–H and O–H groups in total. The van der Waals surface area contributed by atoms with Crippen molar-refractivity contribution in [3.05, 3.63) is 35.9 Å². The molecule has 1 aliphatic heterocycles. The van der Waals surface area contributed by atoms with Crippen molar-refractivity contribution in [1.29, 1.82) is 0 Å². The van der Waals surface area contributed by atoms with E-state index in [0.29, 0.717) is 17.7 Å². The fourth-order valence-corrected chi connectivity index (χ4v) is 2.09. The summed E-state index contributed by atoms with van der Waals surface area (Å²) in [5, 5.41) is 0. The van der Waals surface area contributed by atoms with Crippen molar-refractivity contribution in [2.24, 2.45) is 4.40 Å². The molecule has 0 bridgehead atoms. The van der Waals surface area contributed by atoms with E-state index in [2.05, 4.69) is 4.40 Å². The molecule has 0 radical (unpaired) electrons. The van der Waals surface area contributed by atoms with Crippen LogP contribution < -0.4 is 0 Å². The van der Waals surface area contributed by atoms with Crippen LogP contribution in [0.1, 0.15) is 5.56 Å². The molecule has 1 fully saturated rings. The number of carbonyl (C=O) groups excluding carboxylic acids is 2. The fourth-order valence-electron chi connectivity index (χ4n) is 1.65. The Morgan fingerprint density at radius 2 is 1.94 bits per heavy atom. The minimum absolute atomic E-state index is 0.0614. The number of benzene rings is 1. The summed E-state index contributed by atoms with van der Waals surface area (Å²) in [4.78, 5) is 26.0. The van der Waals surface area contributed by atoms with Gasteiger partial charge in [-0.15, -0.1) is 0 Å². The third-order valence-electron chi connectivity index (χ3n) is 2.57. The number of nitrogens with zero attached hydrogens (tertiary/aromatic N) is 3. The molecule has 0 aliphatic carbocycles. The van der Waals surface area contributed by atoms with Crippen molar-refractivity contribution >= 4 is 39.6 Å². The molecular formula is C11H10ClN3O2S. The largest absolute Gasteiger partial charge is 0.332 e. The highest BCUT2D eigenvalue weighted by Crippen LogP contribution is 2.19. The Labute approximate surface area is 113 Å². The lowest BCUT2D eigenvalue weighted by molar-refractivity contribution is -0.119. The van der Waals surface area contributed by atoms with Gasteiger partial charge in [0.1, 0.15) is 0 Å². The minimum atomic E-state index is -0.441. The number of rotatable bonds is 3. The van der Waals surface area contributed by atoms with Crippen molar-refractivity contribution in [3.8, 4) is 0 Å².